The zero-order valence-corrected chi connectivity index (χ0v) is 19.6. The molecule has 3 aromatic rings. The number of benzene rings is 2. The zero-order chi connectivity index (χ0) is 23.2. The number of hydrogen-bond acceptors (Lipinski definition) is 7. The largest absolute Gasteiger partial charge is 0.325 e. The number of rotatable bonds is 9. The van der Waals surface area contributed by atoms with Crippen LogP contribution in [-0.2, 0) is 9.59 Å². The predicted octanol–water partition coefficient (Wildman–Crippen LogP) is 4.43. The summed E-state index contributed by atoms with van der Waals surface area (Å²) < 4.78 is 0.616. The van der Waals surface area contributed by atoms with Crippen LogP contribution in [0.4, 0.5) is 16.5 Å². The van der Waals surface area contributed by atoms with Gasteiger partial charge in [0.05, 0.1) is 17.0 Å². The Labute approximate surface area is 199 Å². The molecule has 0 saturated heterocycles. The molecule has 1 aliphatic carbocycles. The van der Waals surface area contributed by atoms with Gasteiger partial charge in [0.25, 0.3) is 5.91 Å². The molecular weight excluding hydrogens is 458 g/mol. The molecule has 1 heterocycles. The van der Waals surface area contributed by atoms with Gasteiger partial charge in [-0.3, -0.25) is 19.3 Å². The maximum Gasteiger partial charge on any atom is 0.257 e. The molecule has 8 nitrogen and oxygen atoms in total. The molecule has 1 aromatic heterocycles. The molecule has 0 unspecified atom stereocenters. The summed E-state index contributed by atoms with van der Waals surface area (Å²) in [5.74, 6) is -0.429. The first-order valence-electron chi connectivity index (χ1n) is 10.6. The standard InChI is InChI=1S/C23H23N5O3S2/c1-2-20(30)28(16-12-13-16)22-26-27-23(33-22)32-14-19(29)25-18-11-7-6-10-17(18)21(31)24-15-8-4-3-5-9-15/h3-11,16H,2,12-14H2,1H3,(H,24,31)(H,25,29). The Bertz CT molecular complexity index is 1150. The van der Waals surface area contributed by atoms with E-state index in [4.69, 9.17) is 0 Å². The Hall–Kier alpha value is -3.24. The molecule has 3 amide bonds. The van der Waals surface area contributed by atoms with Gasteiger partial charge in [0.2, 0.25) is 16.9 Å². The molecule has 0 atom stereocenters. The highest BCUT2D eigenvalue weighted by Gasteiger charge is 2.35. The van der Waals surface area contributed by atoms with Gasteiger partial charge in [-0.25, -0.2) is 0 Å². The molecule has 2 N–H and O–H groups in total. The average Bonchev–Trinajstić information content (AvgIpc) is 3.55. The molecule has 2 aromatic carbocycles. The minimum Gasteiger partial charge on any atom is -0.325 e. The van der Waals surface area contributed by atoms with Crippen LogP contribution >= 0.6 is 23.1 Å². The molecule has 170 valence electrons. The lowest BCUT2D eigenvalue weighted by molar-refractivity contribution is -0.118. The molecule has 10 heteroatoms. The van der Waals surface area contributed by atoms with Crippen molar-refractivity contribution in [1.82, 2.24) is 10.2 Å². The molecular formula is C23H23N5O3S2. The van der Waals surface area contributed by atoms with Gasteiger partial charge in [-0.1, -0.05) is 60.4 Å². The fourth-order valence-corrected chi connectivity index (χ4v) is 4.88. The summed E-state index contributed by atoms with van der Waals surface area (Å²) >= 11 is 2.56. The van der Waals surface area contributed by atoms with E-state index in [-0.39, 0.29) is 29.5 Å². The van der Waals surface area contributed by atoms with Crippen molar-refractivity contribution in [3.8, 4) is 0 Å². The molecule has 0 spiro atoms. The van der Waals surface area contributed by atoms with Gasteiger partial charge in [0, 0.05) is 18.2 Å². The molecule has 1 fully saturated rings. The molecule has 1 saturated carbocycles. The van der Waals surface area contributed by atoms with Crippen LogP contribution in [0.5, 0.6) is 0 Å². The number of amides is 3. The third-order valence-corrected chi connectivity index (χ3v) is 6.95. The number of nitrogens with one attached hydrogen (secondary N) is 2. The van der Waals surface area contributed by atoms with Crippen molar-refractivity contribution in [2.45, 2.75) is 36.6 Å². The molecule has 0 bridgehead atoms. The van der Waals surface area contributed by atoms with E-state index in [9.17, 15) is 14.4 Å². The van der Waals surface area contributed by atoms with Crippen LogP contribution in [0.1, 0.15) is 36.5 Å². The summed E-state index contributed by atoms with van der Waals surface area (Å²) in [6.45, 7) is 1.83. The highest BCUT2D eigenvalue weighted by atomic mass is 32.2. The van der Waals surface area contributed by atoms with Crippen molar-refractivity contribution in [3.05, 3.63) is 60.2 Å². The Kier molecular flexibility index (Phi) is 7.36. The van der Waals surface area contributed by atoms with Crippen molar-refractivity contribution in [2.75, 3.05) is 21.3 Å². The Balaban J connectivity index is 1.36. The van der Waals surface area contributed by atoms with Crippen LogP contribution in [0.25, 0.3) is 0 Å². The zero-order valence-electron chi connectivity index (χ0n) is 18.0. The number of thioether (sulfide) groups is 1. The van der Waals surface area contributed by atoms with Gasteiger partial charge in [-0.05, 0) is 37.1 Å². The van der Waals surface area contributed by atoms with Crippen LogP contribution in [0, 0.1) is 0 Å². The van der Waals surface area contributed by atoms with Crippen molar-refractivity contribution < 1.29 is 14.4 Å². The van der Waals surface area contributed by atoms with E-state index in [0.717, 1.165) is 12.8 Å². The minimum absolute atomic E-state index is 0.0355. The third-order valence-electron chi connectivity index (χ3n) is 4.89. The first-order chi connectivity index (χ1) is 16.0. The molecule has 0 aliphatic heterocycles. The molecule has 4 rings (SSSR count). The lowest BCUT2D eigenvalue weighted by Gasteiger charge is -2.17. The predicted molar refractivity (Wildman–Crippen MR) is 131 cm³/mol. The van der Waals surface area contributed by atoms with E-state index >= 15 is 0 Å². The van der Waals surface area contributed by atoms with E-state index in [1.165, 1.54) is 23.1 Å². The number of carbonyl (C=O) groups is 3. The summed E-state index contributed by atoms with van der Waals surface area (Å²) in [6, 6.07) is 16.2. The minimum atomic E-state index is -0.306. The van der Waals surface area contributed by atoms with Crippen molar-refractivity contribution >= 4 is 57.3 Å². The smallest absolute Gasteiger partial charge is 0.257 e. The number of aromatic nitrogens is 2. The van der Waals surface area contributed by atoms with Crippen molar-refractivity contribution in [3.63, 3.8) is 0 Å². The van der Waals surface area contributed by atoms with Gasteiger partial charge in [-0.2, -0.15) is 0 Å². The SMILES string of the molecule is CCC(=O)N(c1nnc(SCC(=O)Nc2ccccc2C(=O)Nc2ccccc2)s1)C1CC1. The van der Waals surface area contributed by atoms with Gasteiger partial charge < -0.3 is 10.6 Å². The number of para-hydroxylation sites is 2. The van der Waals surface area contributed by atoms with Gasteiger partial charge in [0.15, 0.2) is 4.34 Å². The Morgan fingerprint density at radius 3 is 2.48 bits per heavy atom. The van der Waals surface area contributed by atoms with Crippen molar-refractivity contribution in [1.29, 1.82) is 0 Å². The third kappa shape index (κ3) is 5.96. The Morgan fingerprint density at radius 2 is 1.76 bits per heavy atom. The highest BCUT2D eigenvalue weighted by Crippen LogP contribution is 2.36. The second-order valence-corrected chi connectivity index (χ2v) is 9.58. The molecule has 1 aliphatic rings. The fourth-order valence-electron chi connectivity index (χ4n) is 3.15. The summed E-state index contributed by atoms with van der Waals surface area (Å²) in [6.07, 6.45) is 2.37. The van der Waals surface area contributed by atoms with E-state index in [2.05, 4.69) is 20.8 Å². The quantitative estimate of drug-likeness (QED) is 0.346. The summed E-state index contributed by atoms with van der Waals surface area (Å²) in [5.41, 5.74) is 1.48. The Morgan fingerprint density at radius 1 is 1.03 bits per heavy atom. The summed E-state index contributed by atoms with van der Waals surface area (Å²) in [7, 11) is 0. The second kappa shape index (κ2) is 10.6. The van der Waals surface area contributed by atoms with E-state index < -0.39 is 0 Å². The van der Waals surface area contributed by atoms with Crippen LogP contribution in [-0.4, -0.2) is 39.7 Å². The van der Waals surface area contributed by atoms with E-state index in [1.807, 2.05) is 25.1 Å². The van der Waals surface area contributed by atoms with Crippen LogP contribution in [0.3, 0.4) is 0 Å². The maximum atomic E-state index is 12.7. The normalized spacial score (nSPS) is 12.8. The van der Waals surface area contributed by atoms with E-state index in [1.54, 1.807) is 41.3 Å². The van der Waals surface area contributed by atoms with Crippen LogP contribution < -0.4 is 15.5 Å². The van der Waals surface area contributed by atoms with E-state index in [0.29, 0.717) is 32.8 Å². The highest BCUT2D eigenvalue weighted by molar-refractivity contribution is 8.01. The number of hydrogen-bond donors (Lipinski definition) is 2. The van der Waals surface area contributed by atoms with Crippen LogP contribution in [0.2, 0.25) is 0 Å². The van der Waals surface area contributed by atoms with Gasteiger partial charge in [0.1, 0.15) is 0 Å². The van der Waals surface area contributed by atoms with Crippen molar-refractivity contribution in [2.24, 2.45) is 0 Å². The first-order valence-corrected chi connectivity index (χ1v) is 12.4. The topological polar surface area (TPSA) is 104 Å². The number of carbonyl (C=O) groups excluding carboxylic acids is 3. The number of anilines is 3. The molecule has 33 heavy (non-hydrogen) atoms. The monoisotopic (exact) mass is 481 g/mol. The number of nitrogens with zero attached hydrogens (tertiary/aromatic N) is 3. The van der Waals surface area contributed by atoms with Crippen LogP contribution in [0.15, 0.2) is 58.9 Å². The summed E-state index contributed by atoms with van der Waals surface area (Å²) in [5, 5.41) is 14.5. The first kappa shape index (κ1) is 22.9. The summed E-state index contributed by atoms with van der Waals surface area (Å²) in [4.78, 5) is 39.2. The van der Waals surface area contributed by atoms with Gasteiger partial charge >= 0.3 is 0 Å². The fraction of sp³-hybridized carbons (Fsp3) is 0.261. The maximum absolute atomic E-state index is 12.7. The average molecular weight is 482 g/mol. The second-order valence-electron chi connectivity index (χ2n) is 7.40. The van der Waals surface area contributed by atoms with Gasteiger partial charge in [-0.15, -0.1) is 10.2 Å². The lowest BCUT2D eigenvalue weighted by Crippen LogP contribution is -2.32. The lowest BCUT2D eigenvalue weighted by atomic mass is 10.1. The molecule has 0 radical (unpaired) electrons.